The molecule has 1 aliphatic heterocycles. The number of carbonyl (C=O) groups excluding carboxylic acids is 1. The van der Waals surface area contributed by atoms with Gasteiger partial charge in [0.2, 0.25) is 10.0 Å². The van der Waals surface area contributed by atoms with E-state index in [1.807, 2.05) is 13.8 Å². The lowest BCUT2D eigenvalue weighted by molar-refractivity contribution is -0.186. The van der Waals surface area contributed by atoms with Gasteiger partial charge in [-0.1, -0.05) is 24.6 Å². The molecule has 1 amide bonds. The molecule has 5 nitrogen and oxygen atoms in total. The Morgan fingerprint density at radius 1 is 1.19 bits per heavy atom. The minimum atomic E-state index is -4.90. The Morgan fingerprint density at radius 2 is 1.73 bits per heavy atom. The Balaban J connectivity index is 2.16. The van der Waals surface area contributed by atoms with Gasteiger partial charge in [0.05, 0.1) is 4.90 Å². The number of rotatable bonds is 5. The van der Waals surface area contributed by atoms with Crippen LogP contribution < -0.4 is 0 Å². The zero-order valence-corrected chi connectivity index (χ0v) is 15.6. The van der Waals surface area contributed by atoms with Crippen molar-refractivity contribution in [2.45, 2.75) is 50.2 Å². The number of carbonyl (C=O) groups is 1. The lowest BCUT2D eigenvalue weighted by atomic mass is 10.0. The van der Waals surface area contributed by atoms with Crippen LogP contribution in [0.5, 0.6) is 0 Å². The van der Waals surface area contributed by atoms with Gasteiger partial charge in [0.25, 0.3) is 0 Å². The molecule has 1 heterocycles. The standard InChI is InChI=1S/C17H23F3N2O3S/c1-3-10-22(26(24,25)15-6-4-13(2)5-7-15)14-8-11-21(12-9-14)16(23)17(18,19)20/h4-7,14H,3,8-12H2,1-2H3. The minimum Gasteiger partial charge on any atom is -0.335 e. The molecular weight excluding hydrogens is 369 g/mol. The van der Waals surface area contributed by atoms with Crippen molar-refractivity contribution in [3.63, 3.8) is 0 Å². The van der Waals surface area contributed by atoms with Crippen molar-refractivity contribution in [1.82, 2.24) is 9.21 Å². The number of likely N-dealkylation sites (tertiary alicyclic amines) is 1. The van der Waals surface area contributed by atoms with Crippen LogP contribution in [0.3, 0.4) is 0 Å². The highest BCUT2D eigenvalue weighted by atomic mass is 32.2. The zero-order valence-electron chi connectivity index (χ0n) is 14.8. The quantitative estimate of drug-likeness (QED) is 0.774. The summed E-state index contributed by atoms with van der Waals surface area (Å²) in [5.41, 5.74) is 0.935. The second-order valence-corrected chi connectivity index (χ2v) is 8.34. The van der Waals surface area contributed by atoms with E-state index < -0.39 is 28.1 Å². The summed E-state index contributed by atoms with van der Waals surface area (Å²) in [5, 5.41) is 0. The number of amides is 1. The fourth-order valence-corrected chi connectivity index (χ4v) is 4.88. The molecule has 0 spiro atoms. The number of nitrogens with zero attached hydrogens (tertiary/aromatic N) is 2. The monoisotopic (exact) mass is 392 g/mol. The summed E-state index contributed by atoms with van der Waals surface area (Å²) in [6, 6.07) is 6.08. The number of aryl methyl sites for hydroxylation is 1. The summed E-state index contributed by atoms with van der Waals surface area (Å²) >= 11 is 0. The molecule has 1 aliphatic rings. The zero-order chi connectivity index (χ0) is 19.5. The Labute approximate surface area is 151 Å². The van der Waals surface area contributed by atoms with Crippen LogP contribution in [0.4, 0.5) is 13.2 Å². The van der Waals surface area contributed by atoms with Gasteiger partial charge >= 0.3 is 12.1 Å². The molecule has 0 atom stereocenters. The van der Waals surface area contributed by atoms with Gasteiger partial charge in [-0.2, -0.15) is 17.5 Å². The van der Waals surface area contributed by atoms with Crippen LogP contribution in [0, 0.1) is 6.92 Å². The number of hydrogen-bond donors (Lipinski definition) is 0. The first-order valence-corrected chi connectivity index (χ1v) is 9.96. The average molecular weight is 392 g/mol. The van der Waals surface area contributed by atoms with Crippen LogP contribution in [0.25, 0.3) is 0 Å². The van der Waals surface area contributed by atoms with Crippen LogP contribution >= 0.6 is 0 Å². The van der Waals surface area contributed by atoms with E-state index in [4.69, 9.17) is 0 Å². The Kier molecular flexibility index (Phi) is 6.33. The largest absolute Gasteiger partial charge is 0.471 e. The summed E-state index contributed by atoms with van der Waals surface area (Å²) in [4.78, 5) is 12.3. The molecule has 0 N–H and O–H groups in total. The molecule has 0 bridgehead atoms. The number of sulfonamides is 1. The van der Waals surface area contributed by atoms with Crippen molar-refractivity contribution in [3.05, 3.63) is 29.8 Å². The van der Waals surface area contributed by atoms with E-state index in [1.54, 1.807) is 12.1 Å². The van der Waals surface area contributed by atoms with Gasteiger partial charge in [0.1, 0.15) is 0 Å². The molecule has 0 aliphatic carbocycles. The predicted molar refractivity (Wildman–Crippen MR) is 91.0 cm³/mol. The number of benzene rings is 1. The van der Waals surface area contributed by atoms with Crippen LogP contribution in [0.15, 0.2) is 29.2 Å². The number of hydrogen-bond acceptors (Lipinski definition) is 3. The first-order chi connectivity index (χ1) is 12.1. The summed E-state index contributed by atoms with van der Waals surface area (Å²) in [6.07, 6.45) is -3.93. The summed E-state index contributed by atoms with van der Waals surface area (Å²) in [5.74, 6) is -1.86. The van der Waals surface area contributed by atoms with E-state index in [0.717, 1.165) is 10.5 Å². The van der Waals surface area contributed by atoms with Crippen molar-refractivity contribution in [3.8, 4) is 0 Å². The average Bonchev–Trinajstić information content (AvgIpc) is 2.58. The maximum atomic E-state index is 13.0. The van der Waals surface area contributed by atoms with Gasteiger partial charge in [-0.3, -0.25) is 4.79 Å². The van der Waals surface area contributed by atoms with Gasteiger partial charge in [-0.05, 0) is 38.3 Å². The second-order valence-electron chi connectivity index (χ2n) is 6.45. The summed E-state index contributed by atoms with van der Waals surface area (Å²) < 4.78 is 65.0. The molecule has 26 heavy (non-hydrogen) atoms. The third-order valence-corrected chi connectivity index (χ3v) is 6.44. The van der Waals surface area contributed by atoms with Gasteiger partial charge in [0.15, 0.2) is 0 Å². The van der Waals surface area contributed by atoms with Crippen LogP contribution in [-0.2, 0) is 14.8 Å². The molecule has 1 aromatic rings. The van der Waals surface area contributed by atoms with E-state index in [0.29, 0.717) is 6.42 Å². The fraction of sp³-hybridized carbons (Fsp3) is 0.588. The van der Waals surface area contributed by atoms with E-state index in [9.17, 15) is 26.4 Å². The summed E-state index contributed by atoms with van der Waals surface area (Å²) in [7, 11) is -3.74. The lowest BCUT2D eigenvalue weighted by Crippen LogP contribution is -2.51. The Bertz CT molecular complexity index is 725. The minimum absolute atomic E-state index is 0.105. The molecule has 1 saturated heterocycles. The van der Waals surface area contributed by atoms with Crippen molar-refractivity contribution >= 4 is 15.9 Å². The third kappa shape index (κ3) is 4.56. The number of halogens is 3. The first kappa shape index (κ1) is 20.7. The van der Waals surface area contributed by atoms with Crippen LogP contribution in [0.2, 0.25) is 0 Å². The molecule has 2 rings (SSSR count). The van der Waals surface area contributed by atoms with E-state index in [-0.39, 0.29) is 37.4 Å². The van der Waals surface area contributed by atoms with E-state index in [2.05, 4.69) is 0 Å². The van der Waals surface area contributed by atoms with Crippen molar-refractivity contribution in [2.24, 2.45) is 0 Å². The highest BCUT2D eigenvalue weighted by molar-refractivity contribution is 7.89. The molecule has 1 fully saturated rings. The maximum absolute atomic E-state index is 13.0. The van der Waals surface area contributed by atoms with E-state index >= 15 is 0 Å². The van der Waals surface area contributed by atoms with Gasteiger partial charge in [-0.25, -0.2) is 8.42 Å². The van der Waals surface area contributed by atoms with Gasteiger partial charge in [0, 0.05) is 25.7 Å². The number of piperidine rings is 1. The molecule has 1 aromatic carbocycles. The van der Waals surface area contributed by atoms with Crippen LogP contribution in [0.1, 0.15) is 31.7 Å². The molecule has 146 valence electrons. The van der Waals surface area contributed by atoms with Crippen molar-refractivity contribution in [2.75, 3.05) is 19.6 Å². The highest BCUT2D eigenvalue weighted by Gasteiger charge is 2.44. The molecule has 0 saturated carbocycles. The van der Waals surface area contributed by atoms with Gasteiger partial charge in [-0.15, -0.1) is 0 Å². The molecule has 0 radical (unpaired) electrons. The Morgan fingerprint density at radius 3 is 2.19 bits per heavy atom. The first-order valence-electron chi connectivity index (χ1n) is 8.52. The number of alkyl halides is 3. The molecule has 0 unspecified atom stereocenters. The topological polar surface area (TPSA) is 57.7 Å². The smallest absolute Gasteiger partial charge is 0.335 e. The second kappa shape index (κ2) is 7.96. The van der Waals surface area contributed by atoms with Gasteiger partial charge < -0.3 is 4.90 Å². The Hall–Kier alpha value is -1.61. The van der Waals surface area contributed by atoms with Crippen LogP contribution in [-0.4, -0.2) is 55.4 Å². The maximum Gasteiger partial charge on any atom is 0.471 e. The SMILES string of the molecule is CCCN(C1CCN(C(=O)C(F)(F)F)CC1)S(=O)(=O)c1ccc(C)cc1. The van der Waals surface area contributed by atoms with Crippen molar-refractivity contribution in [1.29, 1.82) is 0 Å². The highest BCUT2D eigenvalue weighted by Crippen LogP contribution is 2.27. The molecular formula is C17H23F3N2O3S. The third-order valence-electron chi connectivity index (χ3n) is 4.47. The summed E-state index contributed by atoms with van der Waals surface area (Å²) in [6.45, 7) is 3.78. The predicted octanol–water partition coefficient (Wildman–Crippen LogP) is 2.95. The normalized spacial score (nSPS) is 16.9. The van der Waals surface area contributed by atoms with E-state index in [1.165, 1.54) is 16.4 Å². The van der Waals surface area contributed by atoms with Crippen molar-refractivity contribution < 1.29 is 26.4 Å². The lowest BCUT2D eigenvalue weighted by Gasteiger charge is -2.37. The molecule has 0 aromatic heterocycles. The fourth-order valence-electron chi connectivity index (χ4n) is 3.10. The molecule has 9 heteroatoms.